The Morgan fingerprint density at radius 3 is 2.75 bits per heavy atom. The maximum absolute atomic E-state index is 12.7. The molecular formula is C24H29N3O. The van der Waals surface area contributed by atoms with E-state index < -0.39 is 0 Å². The predicted octanol–water partition coefficient (Wildman–Crippen LogP) is 4.33. The molecule has 4 heteroatoms. The van der Waals surface area contributed by atoms with Crippen LogP contribution in [0.4, 0.5) is 5.69 Å². The van der Waals surface area contributed by atoms with E-state index in [1.807, 2.05) is 0 Å². The number of hydrogen-bond acceptors (Lipinski definition) is 2. The van der Waals surface area contributed by atoms with E-state index >= 15 is 0 Å². The molecule has 0 atom stereocenters. The molecule has 5 rings (SSSR count). The number of likely N-dealkylation sites (tertiary alicyclic amines) is 1. The van der Waals surface area contributed by atoms with Gasteiger partial charge in [-0.25, -0.2) is 0 Å². The number of nitrogens with zero attached hydrogens (tertiary/aromatic N) is 1. The molecule has 1 saturated heterocycles. The van der Waals surface area contributed by atoms with Gasteiger partial charge in [-0.2, -0.15) is 0 Å². The lowest BCUT2D eigenvalue weighted by molar-refractivity contribution is -0.110. The number of aryl methyl sites for hydroxylation is 1. The summed E-state index contributed by atoms with van der Waals surface area (Å²) in [5, 5.41) is 3.04. The number of benzene rings is 1. The quantitative estimate of drug-likeness (QED) is 0.781. The van der Waals surface area contributed by atoms with Crippen molar-refractivity contribution in [3.63, 3.8) is 0 Å². The standard InChI is InChI=1S/C24H29N3O/c1-16-18-6-2-3-7-21(18)25-23(16)15-20-19-14-17(8-9-22(19)26-24(20)28)10-13-27-11-4-5-12-27/h8-9,14-15,25H,2-7,10-13H2,1H3,(H,26,28). The van der Waals surface area contributed by atoms with Crippen LogP contribution in [0.2, 0.25) is 0 Å². The van der Waals surface area contributed by atoms with Gasteiger partial charge in [-0.1, -0.05) is 6.07 Å². The van der Waals surface area contributed by atoms with Gasteiger partial charge in [-0.15, -0.1) is 0 Å². The van der Waals surface area contributed by atoms with Crippen LogP contribution in [0.15, 0.2) is 18.2 Å². The minimum atomic E-state index is 0.0127. The van der Waals surface area contributed by atoms with Crippen LogP contribution in [0.5, 0.6) is 0 Å². The average molecular weight is 376 g/mol. The topological polar surface area (TPSA) is 48.1 Å². The van der Waals surface area contributed by atoms with Gasteiger partial charge in [0.2, 0.25) is 0 Å². The van der Waals surface area contributed by atoms with Gasteiger partial charge < -0.3 is 15.2 Å². The zero-order valence-electron chi connectivity index (χ0n) is 16.7. The predicted molar refractivity (Wildman–Crippen MR) is 114 cm³/mol. The first kappa shape index (κ1) is 17.7. The molecule has 3 heterocycles. The minimum absolute atomic E-state index is 0.0127. The summed E-state index contributed by atoms with van der Waals surface area (Å²) >= 11 is 0. The van der Waals surface area contributed by atoms with Gasteiger partial charge in [0.25, 0.3) is 5.91 Å². The smallest absolute Gasteiger partial charge is 0.256 e. The molecule has 1 amide bonds. The normalized spacial score (nSPS) is 20.5. The van der Waals surface area contributed by atoms with Gasteiger partial charge in [0.05, 0.1) is 5.57 Å². The van der Waals surface area contributed by atoms with Crippen LogP contribution in [0.1, 0.15) is 59.3 Å². The maximum Gasteiger partial charge on any atom is 0.256 e. The van der Waals surface area contributed by atoms with Gasteiger partial charge >= 0.3 is 0 Å². The summed E-state index contributed by atoms with van der Waals surface area (Å²) < 4.78 is 0. The Bertz CT molecular complexity index is 947. The van der Waals surface area contributed by atoms with Crippen molar-refractivity contribution in [2.75, 3.05) is 25.0 Å². The molecule has 4 nitrogen and oxygen atoms in total. The van der Waals surface area contributed by atoms with E-state index in [2.05, 4.69) is 46.4 Å². The fourth-order valence-corrected chi connectivity index (χ4v) is 4.99. The molecule has 0 spiro atoms. The second-order valence-electron chi connectivity index (χ2n) is 8.52. The zero-order valence-corrected chi connectivity index (χ0v) is 16.7. The third-order valence-electron chi connectivity index (χ3n) is 6.68. The van der Waals surface area contributed by atoms with Gasteiger partial charge in [0.1, 0.15) is 0 Å². The molecule has 146 valence electrons. The zero-order chi connectivity index (χ0) is 19.1. The third kappa shape index (κ3) is 3.20. The molecular weight excluding hydrogens is 346 g/mol. The summed E-state index contributed by atoms with van der Waals surface area (Å²) in [6, 6.07) is 6.45. The summed E-state index contributed by atoms with van der Waals surface area (Å²) in [7, 11) is 0. The molecule has 1 aromatic heterocycles. The number of anilines is 1. The summed E-state index contributed by atoms with van der Waals surface area (Å²) in [5.74, 6) is 0.0127. The van der Waals surface area contributed by atoms with E-state index in [-0.39, 0.29) is 5.91 Å². The number of H-pyrrole nitrogens is 1. The number of aromatic nitrogens is 1. The summed E-state index contributed by atoms with van der Waals surface area (Å²) in [4.78, 5) is 18.8. The lowest BCUT2D eigenvalue weighted by Gasteiger charge is -2.14. The summed E-state index contributed by atoms with van der Waals surface area (Å²) in [5.41, 5.74) is 9.35. The van der Waals surface area contributed by atoms with Crippen LogP contribution < -0.4 is 5.32 Å². The molecule has 2 aliphatic heterocycles. The van der Waals surface area contributed by atoms with Gasteiger partial charge in [0, 0.05) is 29.2 Å². The molecule has 2 aromatic rings. The highest BCUT2D eigenvalue weighted by Gasteiger charge is 2.26. The van der Waals surface area contributed by atoms with Crippen molar-refractivity contribution in [2.45, 2.75) is 51.9 Å². The van der Waals surface area contributed by atoms with E-state index in [1.54, 1.807) is 0 Å². The van der Waals surface area contributed by atoms with E-state index in [1.165, 1.54) is 61.2 Å². The lowest BCUT2D eigenvalue weighted by atomic mass is 9.94. The number of aromatic amines is 1. The van der Waals surface area contributed by atoms with Crippen molar-refractivity contribution in [1.82, 2.24) is 9.88 Å². The highest BCUT2D eigenvalue weighted by atomic mass is 16.2. The molecule has 0 bridgehead atoms. The number of rotatable bonds is 4. The van der Waals surface area contributed by atoms with Crippen molar-refractivity contribution >= 4 is 23.2 Å². The molecule has 1 aromatic carbocycles. The number of carbonyl (C=O) groups excluding carboxylic acids is 1. The average Bonchev–Trinajstić information content (AvgIpc) is 3.41. The Morgan fingerprint density at radius 2 is 1.93 bits per heavy atom. The van der Waals surface area contributed by atoms with Crippen LogP contribution in [0.25, 0.3) is 11.6 Å². The molecule has 2 N–H and O–H groups in total. The van der Waals surface area contributed by atoms with Gasteiger partial charge in [-0.05, 0) is 99.9 Å². The second-order valence-corrected chi connectivity index (χ2v) is 8.52. The number of hydrogen-bond donors (Lipinski definition) is 2. The van der Waals surface area contributed by atoms with E-state index in [0.717, 1.165) is 48.3 Å². The fraction of sp³-hybridized carbons (Fsp3) is 0.458. The Balaban J connectivity index is 1.44. The van der Waals surface area contributed by atoms with Crippen LogP contribution in [-0.2, 0) is 24.1 Å². The van der Waals surface area contributed by atoms with Crippen molar-refractivity contribution in [3.8, 4) is 0 Å². The van der Waals surface area contributed by atoms with Crippen molar-refractivity contribution in [1.29, 1.82) is 0 Å². The Kier molecular flexibility index (Phi) is 4.59. The minimum Gasteiger partial charge on any atom is -0.358 e. The number of fused-ring (bicyclic) bond motifs is 2. The monoisotopic (exact) mass is 375 g/mol. The van der Waals surface area contributed by atoms with Crippen LogP contribution in [0, 0.1) is 6.92 Å². The SMILES string of the molecule is Cc1c(C=C2C(=O)Nc3ccc(CCN4CCCC4)cc32)[nH]c2c1CCCC2. The Morgan fingerprint density at radius 1 is 1.11 bits per heavy atom. The number of carbonyl (C=O) groups is 1. The molecule has 0 saturated carbocycles. The van der Waals surface area contributed by atoms with Crippen molar-refractivity contribution < 1.29 is 4.79 Å². The highest BCUT2D eigenvalue weighted by Crippen LogP contribution is 2.35. The summed E-state index contributed by atoms with van der Waals surface area (Å²) in [6.07, 6.45) is 10.6. The van der Waals surface area contributed by atoms with E-state index in [0.29, 0.717) is 0 Å². The first-order valence-electron chi connectivity index (χ1n) is 10.8. The van der Waals surface area contributed by atoms with Crippen molar-refractivity contribution in [2.24, 2.45) is 0 Å². The van der Waals surface area contributed by atoms with Gasteiger partial charge in [0.15, 0.2) is 0 Å². The summed E-state index contributed by atoms with van der Waals surface area (Å²) in [6.45, 7) is 5.76. The maximum atomic E-state index is 12.7. The molecule has 0 unspecified atom stereocenters. The van der Waals surface area contributed by atoms with E-state index in [4.69, 9.17) is 0 Å². The lowest BCUT2D eigenvalue weighted by Crippen LogP contribution is -2.21. The third-order valence-corrected chi connectivity index (χ3v) is 6.68. The van der Waals surface area contributed by atoms with Gasteiger partial charge in [-0.3, -0.25) is 4.79 Å². The van der Waals surface area contributed by atoms with E-state index in [9.17, 15) is 4.79 Å². The fourth-order valence-electron chi connectivity index (χ4n) is 4.99. The van der Waals surface area contributed by atoms with Crippen LogP contribution in [-0.4, -0.2) is 35.4 Å². The van der Waals surface area contributed by atoms with Crippen molar-refractivity contribution in [3.05, 3.63) is 51.8 Å². The van der Waals surface area contributed by atoms with Crippen LogP contribution >= 0.6 is 0 Å². The first-order valence-corrected chi connectivity index (χ1v) is 10.8. The van der Waals surface area contributed by atoms with Crippen LogP contribution in [0.3, 0.4) is 0 Å². The molecule has 28 heavy (non-hydrogen) atoms. The largest absolute Gasteiger partial charge is 0.358 e. The number of nitrogens with one attached hydrogen (secondary N) is 2. The number of amides is 1. The Hall–Kier alpha value is -2.33. The highest BCUT2D eigenvalue weighted by molar-refractivity contribution is 6.34. The molecule has 3 aliphatic rings. The molecule has 1 fully saturated rings. The first-order chi connectivity index (χ1) is 13.7. The Labute approximate surface area is 167 Å². The molecule has 0 radical (unpaired) electrons. The molecule has 1 aliphatic carbocycles. The second kappa shape index (κ2) is 7.25.